The van der Waals surface area contributed by atoms with Gasteiger partial charge in [-0.25, -0.2) is 9.78 Å². The maximum Gasteiger partial charge on any atom is 0.418 e. The average Bonchev–Trinajstić information content (AvgIpc) is 3.28. The van der Waals surface area contributed by atoms with Gasteiger partial charge in [0, 0.05) is 10.6 Å². The minimum Gasteiger partial charge on any atom is -0.478 e. The number of halogens is 4. The van der Waals surface area contributed by atoms with Gasteiger partial charge in [0.15, 0.2) is 0 Å². The molecule has 1 fully saturated rings. The molecule has 5 rings (SSSR count). The van der Waals surface area contributed by atoms with E-state index in [1.807, 2.05) is 28.8 Å². The van der Waals surface area contributed by atoms with Crippen LogP contribution in [0, 0.1) is 5.92 Å². The molecule has 1 amide bonds. The van der Waals surface area contributed by atoms with Gasteiger partial charge in [-0.2, -0.15) is 13.2 Å². The Hall–Kier alpha value is -3.85. The number of nitrogens with zero attached hydrogens (tertiary/aromatic N) is 2. The van der Waals surface area contributed by atoms with Crippen LogP contribution >= 0.6 is 11.6 Å². The lowest BCUT2D eigenvalue weighted by Gasteiger charge is -2.32. The van der Waals surface area contributed by atoms with Crippen molar-refractivity contribution >= 4 is 40.2 Å². The highest BCUT2D eigenvalue weighted by Crippen LogP contribution is 2.40. The second-order valence-corrected chi connectivity index (χ2v) is 10.1. The minimum atomic E-state index is -4.87. The van der Waals surface area contributed by atoms with Crippen molar-refractivity contribution in [2.45, 2.75) is 44.3 Å². The standard InChI is InChI=1S/C29H25ClF3N3O3/c30-20-13-10-18(11-14-20)26-34-23-8-4-5-9-24(23)36(26)25(17-6-2-1-3-7-17)27(37)35-22-15-12-19(28(38)39)16-21(22)29(31,32)33/h4-5,8-17,25H,1-3,6-7H2,(H,35,37)(H,38,39). The highest BCUT2D eigenvalue weighted by molar-refractivity contribution is 6.30. The fraction of sp³-hybridized carbons (Fsp3) is 0.276. The lowest BCUT2D eigenvalue weighted by molar-refractivity contribution is -0.137. The smallest absolute Gasteiger partial charge is 0.418 e. The number of carbonyl (C=O) groups excluding carboxylic acids is 1. The summed E-state index contributed by atoms with van der Waals surface area (Å²) in [6.45, 7) is 0. The molecule has 0 radical (unpaired) electrons. The molecule has 0 aliphatic heterocycles. The number of fused-ring (bicyclic) bond motifs is 1. The van der Waals surface area contributed by atoms with Crippen molar-refractivity contribution in [3.63, 3.8) is 0 Å². The maximum absolute atomic E-state index is 14.0. The van der Waals surface area contributed by atoms with Crippen molar-refractivity contribution in [2.24, 2.45) is 5.92 Å². The third-order valence-electron chi connectivity index (χ3n) is 7.17. The predicted octanol–water partition coefficient (Wildman–Crippen LogP) is 7.83. The van der Waals surface area contributed by atoms with Crippen LogP contribution in [0.4, 0.5) is 18.9 Å². The van der Waals surface area contributed by atoms with Crippen LogP contribution in [-0.2, 0) is 11.0 Å². The topological polar surface area (TPSA) is 84.2 Å². The number of imidazole rings is 1. The molecule has 0 saturated heterocycles. The Bertz CT molecular complexity index is 1530. The monoisotopic (exact) mass is 555 g/mol. The van der Waals surface area contributed by atoms with Gasteiger partial charge in [0.25, 0.3) is 0 Å². The van der Waals surface area contributed by atoms with Gasteiger partial charge in [0.2, 0.25) is 5.91 Å². The SMILES string of the molecule is O=C(O)c1ccc(NC(=O)C(C2CCCCC2)n2c(-c3ccc(Cl)cc3)nc3ccccc32)c(C(F)(F)F)c1. The Morgan fingerprint density at radius 2 is 1.69 bits per heavy atom. The normalized spacial score (nSPS) is 15.3. The van der Waals surface area contributed by atoms with Crippen LogP contribution in [0.1, 0.15) is 54.1 Å². The maximum atomic E-state index is 14.0. The Morgan fingerprint density at radius 1 is 1.00 bits per heavy atom. The van der Waals surface area contributed by atoms with Crippen LogP contribution in [-0.4, -0.2) is 26.5 Å². The Labute approximate surface area is 227 Å². The summed E-state index contributed by atoms with van der Waals surface area (Å²) < 4.78 is 43.6. The minimum absolute atomic E-state index is 0.143. The molecule has 0 bridgehead atoms. The van der Waals surface area contributed by atoms with E-state index >= 15 is 0 Å². The highest BCUT2D eigenvalue weighted by Gasteiger charge is 2.38. The molecule has 1 saturated carbocycles. The van der Waals surface area contributed by atoms with E-state index in [4.69, 9.17) is 16.6 Å². The summed E-state index contributed by atoms with van der Waals surface area (Å²) in [5, 5.41) is 12.2. The van der Waals surface area contributed by atoms with Crippen molar-refractivity contribution in [1.82, 2.24) is 9.55 Å². The number of hydrogen-bond acceptors (Lipinski definition) is 3. The first-order chi connectivity index (χ1) is 18.6. The third kappa shape index (κ3) is 5.49. The molecule has 3 aromatic carbocycles. The first-order valence-electron chi connectivity index (χ1n) is 12.6. The van der Waals surface area contributed by atoms with Gasteiger partial charge in [0.05, 0.1) is 27.8 Å². The van der Waals surface area contributed by atoms with E-state index in [0.717, 1.165) is 44.2 Å². The molecule has 1 aliphatic carbocycles. The molecule has 202 valence electrons. The van der Waals surface area contributed by atoms with Crippen LogP contribution in [0.3, 0.4) is 0 Å². The molecule has 1 unspecified atom stereocenters. The molecule has 1 atom stereocenters. The van der Waals surface area contributed by atoms with Crippen molar-refractivity contribution < 1.29 is 27.9 Å². The molecule has 1 aliphatic rings. The molecule has 1 aromatic heterocycles. The largest absolute Gasteiger partial charge is 0.478 e. The van der Waals surface area contributed by atoms with E-state index in [9.17, 15) is 27.9 Å². The molecule has 2 N–H and O–H groups in total. The number of hydrogen-bond donors (Lipinski definition) is 2. The Kier molecular flexibility index (Phi) is 7.36. The number of aromatic nitrogens is 2. The van der Waals surface area contributed by atoms with Gasteiger partial charge in [-0.15, -0.1) is 0 Å². The van der Waals surface area contributed by atoms with Gasteiger partial charge >= 0.3 is 12.1 Å². The number of nitrogens with one attached hydrogen (secondary N) is 1. The van der Waals surface area contributed by atoms with Crippen LogP contribution < -0.4 is 5.32 Å². The van der Waals surface area contributed by atoms with Gasteiger partial charge in [0.1, 0.15) is 11.9 Å². The lowest BCUT2D eigenvalue weighted by Crippen LogP contribution is -2.34. The van der Waals surface area contributed by atoms with Gasteiger partial charge in [-0.3, -0.25) is 4.79 Å². The number of aromatic carboxylic acids is 1. The summed E-state index contributed by atoms with van der Waals surface area (Å²) in [6.07, 6.45) is -0.584. The second kappa shape index (κ2) is 10.7. The number of carboxylic acids is 1. The van der Waals surface area contributed by atoms with Gasteiger partial charge < -0.3 is 15.0 Å². The van der Waals surface area contributed by atoms with Crippen LogP contribution in [0.5, 0.6) is 0 Å². The third-order valence-corrected chi connectivity index (χ3v) is 7.42. The Morgan fingerprint density at radius 3 is 2.36 bits per heavy atom. The zero-order chi connectivity index (χ0) is 27.7. The van der Waals surface area contributed by atoms with Crippen molar-refractivity contribution in [3.8, 4) is 11.4 Å². The molecular weight excluding hydrogens is 531 g/mol. The summed E-state index contributed by atoms with van der Waals surface area (Å²) in [4.78, 5) is 30.2. The summed E-state index contributed by atoms with van der Waals surface area (Å²) in [6, 6.07) is 16.1. The number of carboxylic acid groups (broad SMARTS) is 1. The molecule has 39 heavy (non-hydrogen) atoms. The summed E-state index contributed by atoms with van der Waals surface area (Å²) >= 11 is 6.10. The summed E-state index contributed by atoms with van der Waals surface area (Å²) in [5.74, 6) is -1.74. The molecular formula is C29H25ClF3N3O3. The molecule has 4 aromatic rings. The van der Waals surface area contributed by atoms with E-state index in [0.29, 0.717) is 33.5 Å². The van der Waals surface area contributed by atoms with E-state index in [1.54, 1.807) is 24.3 Å². The van der Waals surface area contributed by atoms with Crippen molar-refractivity contribution in [1.29, 1.82) is 0 Å². The Balaban J connectivity index is 1.65. The van der Waals surface area contributed by atoms with E-state index in [1.165, 1.54) is 0 Å². The molecule has 1 heterocycles. The van der Waals surface area contributed by atoms with Gasteiger partial charge in [-0.1, -0.05) is 43.0 Å². The molecule has 6 nitrogen and oxygen atoms in total. The number of amides is 1. The number of para-hydroxylation sites is 2. The number of benzene rings is 3. The van der Waals surface area contributed by atoms with Crippen molar-refractivity contribution in [3.05, 3.63) is 82.9 Å². The van der Waals surface area contributed by atoms with Crippen molar-refractivity contribution in [2.75, 3.05) is 5.32 Å². The van der Waals surface area contributed by atoms with Gasteiger partial charge in [-0.05, 0) is 73.4 Å². The second-order valence-electron chi connectivity index (χ2n) is 9.70. The summed E-state index contributed by atoms with van der Waals surface area (Å²) in [5.41, 5.74) is -0.175. The molecule has 0 spiro atoms. The summed E-state index contributed by atoms with van der Waals surface area (Å²) in [7, 11) is 0. The fourth-order valence-corrected chi connectivity index (χ4v) is 5.47. The van der Waals surface area contributed by atoms with Crippen LogP contribution in [0.2, 0.25) is 5.02 Å². The lowest BCUT2D eigenvalue weighted by atomic mass is 9.83. The van der Waals surface area contributed by atoms with Crippen LogP contribution in [0.15, 0.2) is 66.7 Å². The number of anilines is 1. The molecule has 10 heteroatoms. The highest BCUT2D eigenvalue weighted by atomic mass is 35.5. The zero-order valence-corrected chi connectivity index (χ0v) is 21.5. The van der Waals surface area contributed by atoms with Crippen LogP contribution in [0.25, 0.3) is 22.4 Å². The first kappa shape index (κ1) is 26.7. The number of rotatable bonds is 6. The zero-order valence-electron chi connectivity index (χ0n) is 20.7. The van der Waals surface area contributed by atoms with E-state index < -0.39 is 40.9 Å². The first-order valence-corrected chi connectivity index (χ1v) is 13.0. The van der Waals surface area contributed by atoms with E-state index in [2.05, 4.69) is 5.32 Å². The fourth-order valence-electron chi connectivity index (χ4n) is 5.35. The number of alkyl halides is 3. The van der Waals surface area contributed by atoms with E-state index in [-0.39, 0.29) is 5.92 Å². The predicted molar refractivity (Wildman–Crippen MR) is 143 cm³/mol. The quantitative estimate of drug-likeness (QED) is 0.254. The average molecular weight is 556 g/mol. The number of carbonyl (C=O) groups is 2.